The molecule has 0 saturated carbocycles. The van der Waals surface area contributed by atoms with Crippen LogP contribution in [0.4, 0.5) is 0 Å². The van der Waals surface area contributed by atoms with Crippen LogP contribution in [-0.4, -0.2) is 6.10 Å². The lowest BCUT2D eigenvalue weighted by atomic mass is 9.83. The lowest BCUT2D eigenvalue weighted by Crippen LogP contribution is -2.39. The summed E-state index contributed by atoms with van der Waals surface area (Å²) in [6.45, 7) is 0. The van der Waals surface area contributed by atoms with Crippen LogP contribution < -0.4 is 0 Å². The highest BCUT2D eigenvalue weighted by molar-refractivity contribution is 5.30. The quantitative estimate of drug-likeness (QED) is 0.498. The first kappa shape index (κ1) is 8.21. The maximum absolute atomic E-state index is 5.46. The summed E-state index contributed by atoms with van der Waals surface area (Å²) in [6, 6.07) is 10.2. The molecule has 1 saturated heterocycles. The Bertz CT molecular complexity index is 348. The number of rotatable bonds is 1. The molecule has 1 aromatic carbocycles. The van der Waals surface area contributed by atoms with E-state index in [1.54, 1.807) is 0 Å². The van der Waals surface area contributed by atoms with Gasteiger partial charge in [0, 0.05) is 0 Å². The molecule has 0 aromatic heterocycles. The van der Waals surface area contributed by atoms with E-state index in [4.69, 9.17) is 9.78 Å². The van der Waals surface area contributed by atoms with Crippen LogP contribution in [0.2, 0.25) is 0 Å². The predicted molar refractivity (Wildman–Crippen MR) is 52.5 cm³/mol. The van der Waals surface area contributed by atoms with Crippen LogP contribution in [0.15, 0.2) is 42.5 Å². The Morgan fingerprint density at radius 1 is 1.21 bits per heavy atom. The molecule has 2 nitrogen and oxygen atoms in total. The average molecular weight is 188 g/mol. The van der Waals surface area contributed by atoms with Gasteiger partial charge in [0.25, 0.3) is 0 Å². The Hall–Kier alpha value is -1.12. The molecular formula is C12H12O2. The molecule has 0 spiro atoms. The van der Waals surface area contributed by atoms with E-state index in [9.17, 15) is 0 Å². The maximum Gasteiger partial charge on any atom is 0.147 e. The molecule has 2 bridgehead atoms. The summed E-state index contributed by atoms with van der Waals surface area (Å²) in [5.74, 6) is 0. The first-order chi connectivity index (χ1) is 6.89. The van der Waals surface area contributed by atoms with Crippen molar-refractivity contribution in [2.24, 2.45) is 0 Å². The van der Waals surface area contributed by atoms with Crippen molar-refractivity contribution in [1.82, 2.24) is 0 Å². The zero-order chi connectivity index (χ0) is 9.43. The summed E-state index contributed by atoms with van der Waals surface area (Å²) in [4.78, 5) is 10.7. The molecule has 1 aromatic rings. The van der Waals surface area contributed by atoms with Crippen molar-refractivity contribution in [1.29, 1.82) is 0 Å². The van der Waals surface area contributed by atoms with E-state index in [2.05, 4.69) is 24.3 Å². The second-order valence-corrected chi connectivity index (χ2v) is 3.87. The molecule has 14 heavy (non-hydrogen) atoms. The van der Waals surface area contributed by atoms with Crippen LogP contribution >= 0.6 is 0 Å². The monoisotopic (exact) mass is 188 g/mol. The van der Waals surface area contributed by atoms with Crippen LogP contribution in [0.3, 0.4) is 0 Å². The first-order valence-electron chi connectivity index (χ1n) is 4.98. The van der Waals surface area contributed by atoms with E-state index < -0.39 is 0 Å². The minimum atomic E-state index is -0.323. The summed E-state index contributed by atoms with van der Waals surface area (Å²) < 4.78 is 0. The lowest BCUT2D eigenvalue weighted by molar-refractivity contribution is -0.401. The van der Waals surface area contributed by atoms with Crippen molar-refractivity contribution in [2.45, 2.75) is 24.5 Å². The van der Waals surface area contributed by atoms with Gasteiger partial charge >= 0.3 is 0 Å². The Balaban J connectivity index is 2.04. The van der Waals surface area contributed by atoms with Crippen molar-refractivity contribution in [3.8, 4) is 0 Å². The van der Waals surface area contributed by atoms with Crippen LogP contribution in [0.5, 0.6) is 0 Å². The normalized spacial score (nSPS) is 34.7. The van der Waals surface area contributed by atoms with Gasteiger partial charge in [0.15, 0.2) is 0 Å². The predicted octanol–water partition coefficient (Wildman–Crippen LogP) is 2.56. The van der Waals surface area contributed by atoms with Gasteiger partial charge in [-0.25, -0.2) is 9.78 Å². The Labute approximate surface area is 83.1 Å². The molecule has 2 heteroatoms. The van der Waals surface area contributed by atoms with E-state index in [1.807, 2.05) is 18.2 Å². The number of hydrogen-bond donors (Lipinski definition) is 0. The summed E-state index contributed by atoms with van der Waals surface area (Å²) in [7, 11) is 0. The van der Waals surface area contributed by atoms with Gasteiger partial charge in [-0.3, -0.25) is 0 Å². The Morgan fingerprint density at radius 3 is 2.64 bits per heavy atom. The zero-order valence-electron chi connectivity index (χ0n) is 7.85. The smallest absolute Gasteiger partial charge is 0.147 e. The van der Waals surface area contributed by atoms with Crippen LogP contribution in [0, 0.1) is 0 Å². The standard InChI is InChI=1S/C12H12O2/c1-2-4-10(5-3-1)12-8-6-11(7-9-12)13-14-12/h1-6,8,11H,7,9H2/t11-,12+/m0/s1. The third kappa shape index (κ3) is 1.11. The highest BCUT2D eigenvalue weighted by atomic mass is 17.2. The second kappa shape index (κ2) is 2.94. The van der Waals surface area contributed by atoms with E-state index >= 15 is 0 Å². The fourth-order valence-corrected chi connectivity index (χ4v) is 2.11. The molecule has 2 aliphatic heterocycles. The molecule has 2 atom stereocenters. The summed E-state index contributed by atoms with van der Waals surface area (Å²) >= 11 is 0. The van der Waals surface area contributed by atoms with Gasteiger partial charge in [-0.1, -0.05) is 36.4 Å². The number of fused-ring (bicyclic) bond motifs is 2. The molecule has 1 fully saturated rings. The summed E-state index contributed by atoms with van der Waals surface area (Å²) in [5.41, 5.74) is 0.852. The van der Waals surface area contributed by atoms with Gasteiger partial charge in [0.2, 0.25) is 0 Å². The SMILES string of the molecule is C1=C[C@]2(c3ccccc3)CC[C@H]1OO2. The molecule has 3 aliphatic rings. The lowest BCUT2D eigenvalue weighted by Gasteiger charge is -2.40. The van der Waals surface area contributed by atoms with Gasteiger partial charge in [-0.05, 0) is 24.5 Å². The molecule has 0 radical (unpaired) electrons. The Morgan fingerprint density at radius 2 is 2.07 bits per heavy atom. The van der Waals surface area contributed by atoms with Crippen molar-refractivity contribution >= 4 is 0 Å². The third-order valence-corrected chi connectivity index (χ3v) is 2.96. The first-order valence-corrected chi connectivity index (χ1v) is 4.98. The Kier molecular flexibility index (Phi) is 1.72. The summed E-state index contributed by atoms with van der Waals surface area (Å²) in [6.07, 6.45) is 6.45. The van der Waals surface area contributed by atoms with Gasteiger partial charge < -0.3 is 0 Å². The molecular weight excluding hydrogens is 176 g/mol. The van der Waals surface area contributed by atoms with Crippen molar-refractivity contribution in [3.63, 3.8) is 0 Å². The topological polar surface area (TPSA) is 18.5 Å². The van der Waals surface area contributed by atoms with Crippen molar-refractivity contribution in [2.75, 3.05) is 0 Å². The number of benzene rings is 1. The van der Waals surface area contributed by atoms with Crippen molar-refractivity contribution in [3.05, 3.63) is 48.0 Å². The molecule has 0 N–H and O–H groups in total. The highest BCUT2D eigenvalue weighted by Crippen LogP contribution is 2.41. The minimum absolute atomic E-state index is 0.167. The van der Waals surface area contributed by atoms with E-state index in [0.717, 1.165) is 12.8 Å². The van der Waals surface area contributed by atoms with Gasteiger partial charge in [-0.15, -0.1) is 0 Å². The van der Waals surface area contributed by atoms with Gasteiger partial charge in [-0.2, -0.15) is 0 Å². The van der Waals surface area contributed by atoms with Crippen LogP contribution in [-0.2, 0) is 15.4 Å². The average Bonchev–Trinajstić information content (AvgIpc) is 2.33. The largest absolute Gasteiger partial charge is 0.228 e. The van der Waals surface area contributed by atoms with Gasteiger partial charge in [0.1, 0.15) is 11.7 Å². The van der Waals surface area contributed by atoms with Crippen LogP contribution in [0.1, 0.15) is 18.4 Å². The van der Waals surface area contributed by atoms with Crippen LogP contribution in [0.25, 0.3) is 0 Å². The van der Waals surface area contributed by atoms with E-state index in [-0.39, 0.29) is 11.7 Å². The molecule has 72 valence electrons. The minimum Gasteiger partial charge on any atom is -0.228 e. The molecule has 1 aliphatic carbocycles. The zero-order valence-corrected chi connectivity index (χ0v) is 7.85. The second-order valence-electron chi connectivity index (χ2n) is 3.87. The maximum atomic E-state index is 5.46. The highest BCUT2D eigenvalue weighted by Gasteiger charge is 2.40. The molecule has 0 unspecified atom stereocenters. The fraction of sp³-hybridized carbons (Fsp3) is 0.333. The van der Waals surface area contributed by atoms with Gasteiger partial charge in [0.05, 0.1) is 0 Å². The van der Waals surface area contributed by atoms with E-state index in [1.165, 1.54) is 5.56 Å². The molecule has 2 heterocycles. The van der Waals surface area contributed by atoms with Crippen molar-refractivity contribution < 1.29 is 9.78 Å². The molecule has 4 rings (SSSR count). The third-order valence-electron chi connectivity index (χ3n) is 2.96. The molecule has 0 amide bonds. The van der Waals surface area contributed by atoms with E-state index in [0.29, 0.717) is 0 Å². The fourth-order valence-electron chi connectivity index (χ4n) is 2.11. The summed E-state index contributed by atoms with van der Waals surface area (Å²) in [5, 5.41) is 0. The number of hydrogen-bond acceptors (Lipinski definition) is 2.